The molecule has 0 atom stereocenters. The lowest BCUT2D eigenvalue weighted by atomic mass is 10.0. The van der Waals surface area contributed by atoms with Gasteiger partial charge in [-0.2, -0.15) is 0 Å². The third kappa shape index (κ3) is 3.68. The molecule has 0 spiro atoms. The zero-order valence-electron chi connectivity index (χ0n) is 17.3. The summed E-state index contributed by atoms with van der Waals surface area (Å²) < 4.78 is 10.9. The van der Waals surface area contributed by atoms with Crippen LogP contribution in [-0.4, -0.2) is 60.1 Å². The zero-order chi connectivity index (χ0) is 20.5. The van der Waals surface area contributed by atoms with Gasteiger partial charge in [-0.15, -0.1) is 0 Å². The number of nitrogens with zero attached hydrogens (tertiary/aromatic N) is 2. The van der Waals surface area contributed by atoms with Gasteiger partial charge in [0.25, 0.3) is 0 Å². The number of hydrogen-bond donors (Lipinski definition) is 1. The lowest BCUT2D eigenvalue weighted by molar-refractivity contribution is 0.0845. The van der Waals surface area contributed by atoms with E-state index in [0.29, 0.717) is 13.3 Å². The summed E-state index contributed by atoms with van der Waals surface area (Å²) in [5.74, 6) is 1.85. The van der Waals surface area contributed by atoms with Crippen molar-refractivity contribution in [3.63, 3.8) is 0 Å². The molecule has 0 unspecified atom stereocenters. The number of piperazine rings is 1. The second kappa shape index (κ2) is 8.13. The molecule has 0 aliphatic carbocycles. The number of para-hydroxylation sites is 1. The van der Waals surface area contributed by atoms with Crippen molar-refractivity contribution in [2.24, 2.45) is 0 Å². The van der Waals surface area contributed by atoms with Crippen molar-refractivity contribution < 1.29 is 14.3 Å². The number of H-pyrrole nitrogens is 1. The van der Waals surface area contributed by atoms with Gasteiger partial charge in [0.2, 0.25) is 6.79 Å². The van der Waals surface area contributed by atoms with E-state index in [0.717, 1.165) is 67.1 Å². The molecule has 6 heteroatoms. The van der Waals surface area contributed by atoms with Gasteiger partial charge >= 0.3 is 0 Å². The highest BCUT2D eigenvalue weighted by molar-refractivity contribution is 6.09. The standard InChI is InChI=1S/C24H27N3O3/c1-2-18-4-3-5-19-20(13-25-24(18)19)21(28)15-27-10-8-26(9-11-27)14-17-6-7-22-23(12-17)30-16-29-22/h3-7,12-13,25H,2,8-11,14-16H2,1H3. The molecular formula is C24H27N3O3. The summed E-state index contributed by atoms with van der Waals surface area (Å²) in [6, 6.07) is 12.4. The van der Waals surface area contributed by atoms with Crippen molar-refractivity contribution in [1.82, 2.24) is 14.8 Å². The van der Waals surface area contributed by atoms with Crippen LogP contribution < -0.4 is 9.47 Å². The van der Waals surface area contributed by atoms with E-state index in [4.69, 9.17) is 9.47 Å². The number of aromatic amines is 1. The van der Waals surface area contributed by atoms with Crippen LogP contribution in [-0.2, 0) is 13.0 Å². The molecule has 1 N–H and O–H groups in total. The number of carbonyl (C=O) groups excluding carboxylic acids is 1. The molecule has 30 heavy (non-hydrogen) atoms. The summed E-state index contributed by atoms with van der Waals surface area (Å²) >= 11 is 0. The van der Waals surface area contributed by atoms with Gasteiger partial charge in [-0.25, -0.2) is 0 Å². The average molecular weight is 405 g/mol. The first-order valence-corrected chi connectivity index (χ1v) is 10.7. The number of Topliss-reactive ketones (excluding diaryl/α,β-unsaturated/α-hetero) is 1. The Morgan fingerprint density at radius 3 is 2.67 bits per heavy atom. The van der Waals surface area contributed by atoms with Gasteiger partial charge in [-0.1, -0.05) is 31.2 Å². The number of benzene rings is 2. The molecule has 0 radical (unpaired) electrons. The number of nitrogens with one attached hydrogen (secondary N) is 1. The van der Waals surface area contributed by atoms with E-state index in [9.17, 15) is 4.79 Å². The van der Waals surface area contributed by atoms with Crippen LogP contribution in [0.2, 0.25) is 0 Å². The monoisotopic (exact) mass is 405 g/mol. The van der Waals surface area contributed by atoms with Gasteiger partial charge in [0.05, 0.1) is 6.54 Å². The molecule has 2 aliphatic rings. The van der Waals surface area contributed by atoms with Crippen LogP contribution in [0.1, 0.15) is 28.4 Å². The van der Waals surface area contributed by atoms with Crippen molar-refractivity contribution in [3.05, 3.63) is 59.3 Å². The quantitative estimate of drug-likeness (QED) is 0.637. The van der Waals surface area contributed by atoms with E-state index in [-0.39, 0.29) is 5.78 Å². The third-order valence-corrected chi connectivity index (χ3v) is 6.16. The van der Waals surface area contributed by atoms with Crippen molar-refractivity contribution >= 4 is 16.7 Å². The molecule has 6 nitrogen and oxygen atoms in total. The SMILES string of the molecule is CCc1cccc2c(C(=O)CN3CCN(Cc4ccc5c(c4)OCO5)CC3)c[nH]c12. The van der Waals surface area contributed by atoms with Crippen molar-refractivity contribution in [2.45, 2.75) is 19.9 Å². The number of hydrogen-bond acceptors (Lipinski definition) is 5. The largest absolute Gasteiger partial charge is 0.454 e. The number of ether oxygens (including phenoxy) is 2. The van der Waals surface area contributed by atoms with Crippen LogP contribution in [0, 0.1) is 0 Å². The highest BCUT2D eigenvalue weighted by Gasteiger charge is 2.22. The molecule has 3 aromatic rings. The molecule has 0 amide bonds. The van der Waals surface area contributed by atoms with Gasteiger partial charge in [0, 0.05) is 55.4 Å². The van der Waals surface area contributed by atoms with Gasteiger partial charge in [-0.3, -0.25) is 14.6 Å². The third-order valence-electron chi connectivity index (χ3n) is 6.16. The fourth-order valence-corrected chi connectivity index (χ4v) is 4.43. The fraction of sp³-hybridized carbons (Fsp3) is 0.375. The average Bonchev–Trinajstić information content (AvgIpc) is 3.41. The second-order valence-electron chi connectivity index (χ2n) is 8.06. The van der Waals surface area contributed by atoms with Crippen molar-refractivity contribution in [3.8, 4) is 11.5 Å². The summed E-state index contributed by atoms with van der Waals surface area (Å²) in [5, 5.41) is 1.04. The minimum atomic E-state index is 0.193. The number of carbonyl (C=O) groups is 1. The van der Waals surface area contributed by atoms with Gasteiger partial charge in [-0.05, 0) is 29.7 Å². The molecule has 1 aromatic heterocycles. The number of rotatable bonds is 6. The number of fused-ring (bicyclic) bond motifs is 2. The maximum Gasteiger partial charge on any atom is 0.231 e. The highest BCUT2D eigenvalue weighted by Crippen LogP contribution is 2.33. The predicted octanol–water partition coefficient (Wildman–Crippen LogP) is 3.46. The van der Waals surface area contributed by atoms with E-state index in [1.165, 1.54) is 11.1 Å². The maximum atomic E-state index is 13.0. The molecule has 0 bridgehead atoms. The van der Waals surface area contributed by atoms with Crippen LogP contribution in [0.15, 0.2) is 42.6 Å². The second-order valence-corrected chi connectivity index (χ2v) is 8.06. The van der Waals surface area contributed by atoms with Crippen LogP contribution in [0.5, 0.6) is 11.5 Å². The highest BCUT2D eigenvalue weighted by atomic mass is 16.7. The predicted molar refractivity (Wildman–Crippen MR) is 116 cm³/mol. The molecule has 1 fully saturated rings. The Hall–Kier alpha value is -2.83. The molecule has 156 valence electrons. The van der Waals surface area contributed by atoms with E-state index in [2.05, 4.69) is 39.9 Å². The zero-order valence-corrected chi connectivity index (χ0v) is 17.3. The lowest BCUT2D eigenvalue weighted by Crippen LogP contribution is -2.47. The van der Waals surface area contributed by atoms with Crippen molar-refractivity contribution in [2.75, 3.05) is 39.5 Å². The molecule has 5 rings (SSSR count). The molecule has 2 aliphatic heterocycles. The summed E-state index contributed by atoms with van der Waals surface area (Å²) in [6.07, 6.45) is 2.83. The van der Waals surface area contributed by atoms with Crippen LogP contribution in [0.3, 0.4) is 0 Å². The first-order chi connectivity index (χ1) is 14.7. The Balaban J connectivity index is 1.18. The van der Waals surface area contributed by atoms with E-state index < -0.39 is 0 Å². The summed E-state index contributed by atoms with van der Waals surface area (Å²) in [7, 11) is 0. The first kappa shape index (κ1) is 19.2. The van der Waals surface area contributed by atoms with Gasteiger partial charge < -0.3 is 14.5 Å². The molecule has 2 aromatic carbocycles. The number of aryl methyl sites for hydroxylation is 1. The minimum absolute atomic E-state index is 0.193. The smallest absolute Gasteiger partial charge is 0.231 e. The van der Waals surface area contributed by atoms with Gasteiger partial charge in [0.15, 0.2) is 17.3 Å². The maximum absolute atomic E-state index is 13.0. The van der Waals surface area contributed by atoms with E-state index in [1.807, 2.05) is 24.4 Å². The van der Waals surface area contributed by atoms with Crippen LogP contribution in [0.4, 0.5) is 0 Å². The fourth-order valence-electron chi connectivity index (χ4n) is 4.43. The minimum Gasteiger partial charge on any atom is -0.454 e. The molecule has 3 heterocycles. The first-order valence-electron chi connectivity index (χ1n) is 10.7. The van der Waals surface area contributed by atoms with E-state index >= 15 is 0 Å². The Morgan fingerprint density at radius 1 is 1.03 bits per heavy atom. The Morgan fingerprint density at radius 2 is 1.83 bits per heavy atom. The van der Waals surface area contributed by atoms with Gasteiger partial charge in [0.1, 0.15) is 0 Å². The Labute approximate surface area is 176 Å². The lowest BCUT2D eigenvalue weighted by Gasteiger charge is -2.34. The summed E-state index contributed by atoms with van der Waals surface area (Å²) in [5.41, 5.74) is 4.39. The molecule has 1 saturated heterocycles. The Bertz CT molecular complexity index is 1070. The van der Waals surface area contributed by atoms with Crippen molar-refractivity contribution in [1.29, 1.82) is 0 Å². The van der Waals surface area contributed by atoms with Crippen LogP contribution in [0.25, 0.3) is 10.9 Å². The summed E-state index contributed by atoms with van der Waals surface area (Å²) in [4.78, 5) is 21.0. The number of aromatic nitrogens is 1. The summed E-state index contributed by atoms with van der Waals surface area (Å²) in [6.45, 7) is 7.52. The molecule has 0 saturated carbocycles. The van der Waals surface area contributed by atoms with Crippen LogP contribution >= 0.6 is 0 Å². The molecular weight excluding hydrogens is 378 g/mol. The van der Waals surface area contributed by atoms with E-state index in [1.54, 1.807) is 0 Å². The topological polar surface area (TPSA) is 57.8 Å². The normalized spacial score (nSPS) is 17.0. The number of ketones is 1. The Kier molecular flexibility index (Phi) is 5.19.